The summed E-state index contributed by atoms with van der Waals surface area (Å²) in [6.45, 7) is 6.31. The van der Waals surface area contributed by atoms with Gasteiger partial charge in [0.2, 0.25) is 0 Å². The second-order valence-corrected chi connectivity index (χ2v) is 9.12. The normalized spacial score (nSPS) is 14.4. The lowest BCUT2D eigenvalue weighted by molar-refractivity contribution is 0.205. The van der Waals surface area contributed by atoms with Crippen LogP contribution in [0.15, 0.2) is 77.9 Å². The zero-order valence-corrected chi connectivity index (χ0v) is 19.7. The quantitative estimate of drug-likeness (QED) is 0.341. The molecule has 0 N–H and O–H groups in total. The minimum absolute atomic E-state index is 0.0749. The lowest BCUT2D eigenvalue weighted by atomic mass is 10.0. The number of piperidine rings is 1. The fraction of sp³-hybridized carbons (Fsp3) is 0.310. The Bertz CT molecular complexity index is 1300. The molecule has 1 aliphatic rings. The second kappa shape index (κ2) is 10.2. The van der Waals surface area contributed by atoms with Crippen molar-refractivity contribution in [3.8, 4) is 22.6 Å². The molecular formula is C29H31N3O2. The standard InChI is InChI=1S/C29H31N3O2/c1-22-6-8-23(9-7-22)24-10-15-28-27(20-24)29(33)32(21-30-28)25-11-13-26(14-12-25)34-19-5-18-31-16-3-2-4-17-31/h6-15,20-21H,2-5,16-19H2,1H3. The van der Waals surface area contributed by atoms with Gasteiger partial charge in [-0.05, 0) is 86.8 Å². The van der Waals surface area contributed by atoms with Gasteiger partial charge in [-0.2, -0.15) is 0 Å². The van der Waals surface area contributed by atoms with Crippen LogP contribution < -0.4 is 10.3 Å². The van der Waals surface area contributed by atoms with E-state index >= 15 is 0 Å². The lowest BCUT2D eigenvalue weighted by Crippen LogP contribution is -2.31. The van der Waals surface area contributed by atoms with Gasteiger partial charge >= 0.3 is 0 Å². The van der Waals surface area contributed by atoms with Gasteiger partial charge in [0, 0.05) is 6.54 Å². The molecule has 2 heterocycles. The first-order valence-corrected chi connectivity index (χ1v) is 12.2. The maximum absolute atomic E-state index is 13.3. The van der Waals surface area contributed by atoms with Crippen molar-refractivity contribution in [3.63, 3.8) is 0 Å². The van der Waals surface area contributed by atoms with Gasteiger partial charge in [0.15, 0.2) is 0 Å². The Balaban J connectivity index is 1.29. The van der Waals surface area contributed by atoms with Crippen LogP contribution in [-0.4, -0.2) is 40.7 Å². The van der Waals surface area contributed by atoms with Crippen LogP contribution in [0.4, 0.5) is 0 Å². The summed E-state index contributed by atoms with van der Waals surface area (Å²) in [6.07, 6.45) is 6.63. The molecule has 1 saturated heterocycles. The molecule has 0 unspecified atom stereocenters. The molecule has 0 saturated carbocycles. The molecule has 174 valence electrons. The van der Waals surface area contributed by atoms with Gasteiger partial charge in [-0.15, -0.1) is 0 Å². The van der Waals surface area contributed by atoms with Crippen molar-refractivity contribution in [1.82, 2.24) is 14.5 Å². The van der Waals surface area contributed by atoms with E-state index in [0.717, 1.165) is 35.5 Å². The van der Waals surface area contributed by atoms with E-state index in [4.69, 9.17) is 4.74 Å². The van der Waals surface area contributed by atoms with Gasteiger partial charge in [0.1, 0.15) is 12.1 Å². The van der Waals surface area contributed by atoms with Gasteiger partial charge in [-0.3, -0.25) is 9.36 Å². The number of hydrogen-bond donors (Lipinski definition) is 0. The van der Waals surface area contributed by atoms with E-state index in [1.807, 2.05) is 42.5 Å². The van der Waals surface area contributed by atoms with Crippen molar-refractivity contribution in [1.29, 1.82) is 0 Å². The number of ether oxygens (including phenoxy) is 1. The van der Waals surface area contributed by atoms with Crippen LogP contribution in [-0.2, 0) is 0 Å². The molecule has 0 spiro atoms. The van der Waals surface area contributed by atoms with Crippen molar-refractivity contribution in [2.45, 2.75) is 32.6 Å². The first-order chi connectivity index (χ1) is 16.7. The molecule has 5 nitrogen and oxygen atoms in total. The van der Waals surface area contributed by atoms with Gasteiger partial charge in [0.05, 0.1) is 23.2 Å². The molecule has 5 rings (SSSR count). The highest BCUT2D eigenvalue weighted by Crippen LogP contribution is 2.23. The molecular weight excluding hydrogens is 422 g/mol. The Kier molecular flexibility index (Phi) is 6.72. The molecule has 1 fully saturated rings. The third-order valence-electron chi connectivity index (χ3n) is 6.59. The minimum atomic E-state index is -0.0749. The minimum Gasteiger partial charge on any atom is -0.494 e. The van der Waals surface area contributed by atoms with Crippen molar-refractivity contribution >= 4 is 10.9 Å². The summed E-state index contributed by atoms with van der Waals surface area (Å²) in [5, 5.41) is 0.610. The molecule has 4 aromatic rings. The van der Waals surface area contributed by atoms with Crippen LogP contribution in [0.3, 0.4) is 0 Å². The van der Waals surface area contributed by atoms with E-state index in [1.165, 1.54) is 37.9 Å². The number of nitrogens with zero attached hydrogens (tertiary/aromatic N) is 3. The summed E-state index contributed by atoms with van der Waals surface area (Å²) in [6, 6.07) is 21.9. The monoisotopic (exact) mass is 453 g/mol. The Morgan fingerprint density at radius 2 is 1.62 bits per heavy atom. The predicted octanol–water partition coefficient (Wildman–Crippen LogP) is 5.62. The number of likely N-dealkylation sites (tertiary alicyclic amines) is 1. The second-order valence-electron chi connectivity index (χ2n) is 9.12. The van der Waals surface area contributed by atoms with E-state index in [0.29, 0.717) is 17.5 Å². The number of aryl methyl sites for hydroxylation is 1. The molecule has 0 aliphatic carbocycles. The molecule has 5 heteroatoms. The van der Waals surface area contributed by atoms with E-state index in [9.17, 15) is 4.79 Å². The first kappa shape index (κ1) is 22.4. The molecule has 34 heavy (non-hydrogen) atoms. The number of benzene rings is 3. The topological polar surface area (TPSA) is 47.4 Å². The van der Waals surface area contributed by atoms with Gasteiger partial charge in [-0.25, -0.2) is 4.98 Å². The van der Waals surface area contributed by atoms with Crippen molar-refractivity contribution in [2.75, 3.05) is 26.2 Å². The molecule has 0 radical (unpaired) electrons. The van der Waals surface area contributed by atoms with Gasteiger partial charge in [-0.1, -0.05) is 42.3 Å². The van der Waals surface area contributed by atoms with Crippen molar-refractivity contribution in [2.24, 2.45) is 0 Å². The zero-order chi connectivity index (χ0) is 23.3. The maximum Gasteiger partial charge on any atom is 0.265 e. The fourth-order valence-electron chi connectivity index (χ4n) is 4.60. The summed E-state index contributed by atoms with van der Waals surface area (Å²) >= 11 is 0. The third kappa shape index (κ3) is 5.05. The van der Waals surface area contributed by atoms with Crippen molar-refractivity contribution < 1.29 is 4.74 Å². The molecule has 3 aromatic carbocycles. The molecule has 0 bridgehead atoms. The number of rotatable bonds is 7. The maximum atomic E-state index is 13.3. The summed E-state index contributed by atoms with van der Waals surface area (Å²) in [5.74, 6) is 0.825. The van der Waals surface area contributed by atoms with Crippen LogP contribution in [0.2, 0.25) is 0 Å². The van der Waals surface area contributed by atoms with Crippen LogP contribution >= 0.6 is 0 Å². The third-order valence-corrected chi connectivity index (χ3v) is 6.59. The van der Waals surface area contributed by atoms with Crippen LogP contribution in [0, 0.1) is 6.92 Å². The summed E-state index contributed by atoms with van der Waals surface area (Å²) in [5.41, 5.74) is 4.71. The lowest BCUT2D eigenvalue weighted by Gasteiger charge is -2.26. The SMILES string of the molecule is Cc1ccc(-c2ccc3ncn(-c4ccc(OCCCN5CCCCC5)cc4)c(=O)c3c2)cc1. The first-order valence-electron chi connectivity index (χ1n) is 12.2. The van der Waals surface area contributed by atoms with E-state index in [1.54, 1.807) is 10.9 Å². The number of aromatic nitrogens is 2. The molecule has 0 atom stereocenters. The van der Waals surface area contributed by atoms with Crippen LogP contribution in [0.1, 0.15) is 31.2 Å². The van der Waals surface area contributed by atoms with Crippen LogP contribution in [0.5, 0.6) is 5.75 Å². The summed E-state index contributed by atoms with van der Waals surface area (Å²) in [4.78, 5) is 20.3. The largest absolute Gasteiger partial charge is 0.494 e. The average molecular weight is 454 g/mol. The van der Waals surface area contributed by atoms with E-state index < -0.39 is 0 Å². The molecule has 1 aromatic heterocycles. The molecule has 1 aliphatic heterocycles. The zero-order valence-electron chi connectivity index (χ0n) is 19.7. The van der Waals surface area contributed by atoms with E-state index in [2.05, 4.69) is 41.1 Å². The number of fused-ring (bicyclic) bond motifs is 1. The van der Waals surface area contributed by atoms with Gasteiger partial charge < -0.3 is 9.64 Å². The Labute approximate surface area is 200 Å². The Hall–Kier alpha value is -3.44. The Morgan fingerprint density at radius 3 is 2.38 bits per heavy atom. The average Bonchev–Trinajstić information content (AvgIpc) is 2.88. The fourth-order valence-corrected chi connectivity index (χ4v) is 4.60. The Morgan fingerprint density at radius 1 is 0.882 bits per heavy atom. The van der Waals surface area contributed by atoms with Gasteiger partial charge in [0.25, 0.3) is 5.56 Å². The summed E-state index contributed by atoms with van der Waals surface area (Å²) < 4.78 is 7.53. The highest BCUT2D eigenvalue weighted by atomic mass is 16.5. The molecule has 0 amide bonds. The smallest absolute Gasteiger partial charge is 0.265 e. The van der Waals surface area contributed by atoms with Crippen LogP contribution in [0.25, 0.3) is 27.7 Å². The van der Waals surface area contributed by atoms with E-state index in [-0.39, 0.29) is 5.56 Å². The number of hydrogen-bond acceptors (Lipinski definition) is 4. The predicted molar refractivity (Wildman–Crippen MR) is 138 cm³/mol. The summed E-state index contributed by atoms with van der Waals surface area (Å²) in [7, 11) is 0. The van der Waals surface area contributed by atoms with Crippen molar-refractivity contribution in [3.05, 3.63) is 89.0 Å². The highest BCUT2D eigenvalue weighted by Gasteiger charge is 2.10. The highest BCUT2D eigenvalue weighted by molar-refractivity contribution is 5.84.